The lowest BCUT2D eigenvalue weighted by Gasteiger charge is -2.29. The highest BCUT2D eigenvalue weighted by atomic mass is 31.2. The maximum atomic E-state index is 13.3. The van der Waals surface area contributed by atoms with Crippen molar-refractivity contribution in [2.75, 3.05) is 57.6 Å². The van der Waals surface area contributed by atoms with Crippen LogP contribution in [0.3, 0.4) is 0 Å². The normalized spacial score (nSPS) is 13.7. The second-order valence-corrected chi connectivity index (χ2v) is 13.5. The highest BCUT2D eigenvalue weighted by molar-refractivity contribution is 7.48. The van der Waals surface area contributed by atoms with E-state index in [-0.39, 0.29) is 58.4 Å². The first kappa shape index (κ1) is 36.9. The second-order valence-electron chi connectivity index (χ2n) is 11.8. The Morgan fingerprint density at radius 2 is 1.34 bits per heavy atom. The molecule has 0 radical (unpaired) electrons. The summed E-state index contributed by atoms with van der Waals surface area (Å²) < 4.78 is 41.1. The van der Waals surface area contributed by atoms with Gasteiger partial charge in [0.2, 0.25) is 0 Å². The summed E-state index contributed by atoms with van der Waals surface area (Å²) in [5, 5.41) is 14.5. The van der Waals surface area contributed by atoms with Gasteiger partial charge in [0, 0.05) is 25.3 Å². The van der Waals surface area contributed by atoms with E-state index in [0.29, 0.717) is 0 Å². The van der Waals surface area contributed by atoms with E-state index in [0.717, 1.165) is 40.6 Å². The number of nitrogens with one attached hydrogen (secondary N) is 1. The summed E-state index contributed by atoms with van der Waals surface area (Å²) in [4.78, 5) is 15.1. The van der Waals surface area contributed by atoms with Crippen molar-refractivity contribution in [1.82, 2.24) is 5.32 Å². The Morgan fingerprint density at radius 1 is 0.740 bits per heavy atom. The molecule has 262 valence electrons. The molecule has 0 unspecified atom stereocenters. The van der Waals surface area contributed by atoms with Gasteiger partial charge in [-0.15, -0.1) is 0 Å². The zero-order valence-corrected chi connectivity index (χ0v) is 29.1. The summed E-state index contributed by atoms with van der Waals surface area (Å²) >= 11 is 0. The fraction of sp³-hybridized carbons (Fsp3) is 0.333. The number of ether oxygens (including phenoxy) is 2. The lowest BCUT2D eigenvalue weighted by atomic mass is 10.0. The highest BCUT2D eigenvalue weighted by Gasteiger charge is 2.27. The van der Waals surface area contributed by atoms with Crippen LogP contribution >= 0.6 is 7.82 Å². The number of anilines is 1. The number of hydrogen-bond acceptors (Lipinski definition) is 9. The molecule has 0 saturated carbocycles. The highest BCUT2D eigenvalue weighted by Crippen LogP contribution is 2.50. The van der Waals surface area contributed by atoms with Gasteiger partial charge in [0.05, 0.1) is 46.2 Å². The fourth-order valence-corrected chi connectivity index (χ4v) is 6.57. The van der Waals surface area contributed by atoms with Crippen LogP contribution in [0.2, 0.25) is 0 Å². The third-order valence-corrected chi connectivity index (χ3v) is 9.48. The number of nitriles is 1. The van der Waals surface area contributed by atoms with E-state index in [9.17, 15) is 14.6 Å². The van der Waals surface area contributed by atoms with E-state index in [1.54, 1.807) is 6.08 Å². The summed E-state index contributed by atoms with van der Waals surface area (Å²) in [5.41, 5.74) is 3.73. The molecular weight excluding hydrogens is 653 g/mol. The Bertz CT molecular complexity index is 1730. The minimum atomic E-state index is -3.86. The molecule has 1 amide bonds. The van der Waals surface area contributed by atoms with Crippen molar-refractivity contribution in [2.45, 2.75) is 32.5 Å². The molecule has 50 heavy (non-hydrogen) atoms. The number of phosphoric ester groups is 1. The van der Waals surface area contributed by atoms with Gasteiger partial charge in [0.25, 0.3) is 5.91 Å². The number of piperidine rings is 1. The first-order valence-corrected chi connectivity index (χ1v) is 18.4. The number of amides is 1. The Kier molecular flexibility index (Phi) is 14.6. The summed E-state index contributed by atoms with van der Waals surface area (Å²) in [6.07, 6.45) is 5.34. The smallest absolute Gasteiger partial charge is 0.377 e. The van der Waals surface area contributed by atoms with Crippen molar-refractivity contribution < 1.29 is 32.4 Å². The average molecular weight is 698 g/mol. The van der Waals surface area contributed by atoms with E-state index in [2.05, 4.69) is 28.4 Å². The van der Waals surface area contributed by atoms with Crippen LogP contribution in [0.4, 0.5) is 5.69 Å². The molecule has 1 saturated heterocycles. The van der Waals surface area contributed by atoms with Crippen LogP contribution in [-0.2, 0) is 45.6 Å². The lowest BCUT2D eigenvalue weighted by Crippen LogP contribution is -2.29. The van der Waals surface area contributed by atoms with Gasteiger partial charge in [-0.25, -0.2) is 4.57 Å². The van der Waals surface area contributed by atoms with Crippen LogP contribution in [0.25, 0.3) is 16.8 Å². The molecule has 10 nitrogen and oxygen atoms in total. The predicted molar refractivity (Wildman–Crippen MR) is 194 cm³/mol. The molecule has 0 aliphatic carbocycles. The number of carbonyl (C=O) groups excluding carboxylic acids is 1. The molecule has 0 aromatic heterocycles. The summed E-state index contributed by atoms with van der Waals surface area (Å²) in [6, 6.07) is 33.1. The van der Waals surface area contributed by atoms with Crippen molar-refractivity contribution >= 4 is 36.3 Å². The van der Waals surface area contributed by atoms with Crippen LogP contribution in [-0.4, -0.2) is 58.6 Å². The topological polar surface area (TPSA) is 119 Å². The Morgan fingerprint density at radius 3 is 2.00 bits per heavy atom. The first-order chi connectivity index (χ1) is 24.5. The Hall–Kier alpha value is -4.33. The SMILES string of the molecule is N#C/C(=C\c1ccc2cc(N3CCCCC3)ccc2c1)C(=O)NCCOCCOCCOP(=O)(OCc1ccccc1)OCc1ccccc1. The Balaban J connectivity index is 0.980. The third kappa shape index (κ3) is 11.9. The molecular formula is C39H44N3O7P. The number of phosphoric acid groups is 1. The monoisotopic (exact) mass is 697 g/mol. The second kappa shape index (κ2) is 19.8. The number of rotatable bonds is 19. The van der Waals surface area contributed by atoms with Gasteiger partial charge in [0.1, 0.15) is 11.6 Å². The molecule has 1 heterocycles. The molecule has 1 fully saturated rings. The van der Waals surface area contributed by atoms with Crippen molar-refractivity contribution in [3.05, 3.63) is 119 Å². The number of carbonyl (C=O) groups is 1. The molecule has 4 aromatic carbocycles. The molecule has 1 aliphatic rings. The zero-order chi connectivity index (χ0) is 34.9. The van der Waals surface area contributed by atoms with E-state index in [4.69, 9.17) is 23.0 Å². The number of hydrogen-bond donors (Lipinski definition) is 1. The summed E-state index contributed by atoms with van der Waals surface area (Å²) in [7, 11) is -3.86. The standard InChI is InChI=1S/C39H44N3O7P/c40-29-37(27-34-14-15-36-28-38(17-16-35(36)26-34)42-19-8-3-9-20-42)39(43)41-18-21-45-22-23-46-24-25-47-50(44,48-30-32-10-4-1-5-11-32)49-31-33-12-6-2-7-13-33/h1-2,4-7,10-17,26-28H,3,8-9,18-25,30-31H2,(H,41,43)/b37-27+. The number of nitrogens with zero attached hydrogens (tertiary/aromatic N) is 2. The predicted octanol–water partition coefficient (Wildman–Crippen LogP) is 7.44. The lowest BCUT2D eigenvalue weighted by molar-refractivity contribution is -0.117. The van der Waals surface area contributed by atoms with Crippen molar-refractivity contribution in [2.24, 2.45) is 0 Å². The molecule has 0 spiro atoms. The quantitative estimate of drug-likeness (QED) is 0.0461. The van der Waals surface area contributed by atoms with Crippen LogP contribution in [0, 0.1) is 11.3 Å². The minimum Gasteiger partial charge on any atom is -0.377 e. The number of fused-ring (bicyclic) bond motifs is 1. The van der Waals surface area contributed by atoms with Crippen LogP contribution < -0.4 is 10.2 Å². The molecule has 1 aliphatic heterocycles. The molecule has 11 heteroatoms. The van der Waals surface area contributed by atoms with Crippen LogP contribution in [0.5, 0.6) is 0 Å². The molecule has 0 bridgehead atoms. The van der Waals surface area contributed by atoms with Crippen molar-refractivity contribution in [1.29, 1.82) is 5.26 Å². The van der Waals surface area contributed by atoms with Gasteiger partial charge in [-0.2, -0.15) is 5.26 Å². The van der Waals surface area contributed by atoms with Crippen molar-refractivity contribution in [3.8, 4) is 6.07 Å². The van der Waals surface area contributed by atoms with E-state index in [1.807, 2.05) is 84.9 Å². The van der Waals surface area contributed by atoms with Gasteiger partial charge >= 0.3 is 7.82 Å². The van der Waals surface area contributed by atoms with Gasteiger partial charge in [0.15, 0.2) is 0 Å². The summed E-state index contributed by atoms with van der Waals surface area (Å²) in [5.74, 6) is -0.460. The first-order valence-electron chi connectivity index (χ1n) is 17.0. The average Bonchev–Trinajstić information content (AvgIpc) is 3.17. The maximum Gasteiger partial charge on any atom is 0.475 e. The van der Waals surface area contributed by atoms with Crippen LogP contribution in [0.15, 0.2) is 103 Å². The number of benzene rings is 4. The van der Waals surface area contributed by atoms with E-state index < -0.39 is 13.7 Å². The van der Waals surface area contributed by atoms with Crippen LogP contribution in [0.1, 0.15) is 36.0 Å². The zero-order valence-electron chi connectivity index (χ0n) is 28.2. The van der Waals surface area contributed by atoms with Crippen molar-refractivity contribution in [3.63, 3.8) is 0 Å². The minimum absolute atomic E-state index is 0.00294. The van der Waals surface area contributed by atoms with E-state index >= 15 is 0 Å². The molecule has 1 N–H and O–H groups in total. The fourth-order valence-electron chi connectivity index (χ4n) is 5.43. The Labute approximate surface area is 294 Å². The largest absolute Gasteiger partial charge is 0.475 e. The van der Waals surface area contributed by atoms with Gasteiger partial charge in [-0.3, -0.25) is 18.4 Å². The van der Waals surface area contributed by atoms with Gasteiger partial charge in [-0.1, -0.05) is 78.9 Å². The molecule has 0 atom stereocenters. The van der Waals surface area contributed by atoms with Gasteiger partial charge < -0.3 is 19.7 Å². The molecule has 4 aromatic rings. The van der Waals surface area contributed by atoms with Gasteiger partial charge in [-0.05, 0) is 71.0 Å². The van der Waals surface area contributed by atoms with E-state index in [1.165, 1.54) is 24.9 Å². The molecule has 5 rings (SSSR count). The summed E-state index contributed by atoms with van der Waals surface area (Å²) in [6.45, 7) is 3.50. The third-order valence-electron chi connectivity index (χ3n) is 8.09. The maximum absolute atomic E-state index is 13.3.